The van der Waals surface area contributed by atoms with Crippen LogP contribution < -0.4 is 14.8 Å². The third kappa shape index (κ3) is 5.05. The zero-order valence-corrected chi connectivity index (χ0v) is 18.4. The SMILES string of the molecule is COc1cc(/C=C/C(=O)Nc2c(C)cnn2C2CCCc3ccccc32)ccc1OC(F)F. The Balaban J connectivity index is 1.52. The van der Waals surface area contributed by atoms with E-state index in [9.17, 15) is 13.6 Å². The Hall–Kier alpha value is -3.68. The highest BCUT2D eigenvalue weighted by atomic mass is 19.3. The molecule has 8 heteroatoms. The summed E-state index contributed by atoms with van der Waals surface area (Å²) in [7, 11) is 1.36. The van der Waals surface area contributed by atoms with E-state index in [0.29, 0.717) is 11.4 Å². The second-order valence-corrected chi connectivity index (χ2v) is 7.84. The summed E-state index contributed by atoms with van der Waals surface area (Å²) in [6.07, 6.45) is 7.76. The number of nitrogens with one attached hydrogen (secondary N) is 1. The molecule has 33 heavy (non-hydrogen) atoms. The van der Waals surface area contributed by atoms with Crippen LogP contribution in [0, 0.1) is 6.92 Å². The maximum absolute atomic E-state index is 12.7. The third-order valence-corrected chi connectivity index (χ3v) is 5.68. The van der Waals surface area contributed by atoms with E-state index >= 15 is 0 Å². The Bertz CT molecular complexity index is 1170. The number of alkyl halides is 2. The van der Waals surface area contributed by atoms with E-state index in [2.05, 4.69) is 27.3 Å². The van der Waals surface area contributed by atoms with Gasteiger partial charge in [0.2, 0.25) is 5.91 Å². The molecule has 0 aliphatic heterocycles. The average Bonchev–Trinajstić information content (AvgIpc) is 3.17. The van der Waals surface area contributed by atoms with Crippen molar-refractivity contribution in [3.05, 3.63) is 77.0 Å². The lowest BCUT2D eigenvalue weighted by molar-refractivity contribution is -0.111. The number of hydrogen-bond acceptors (Lipinski definition) is 4. The van der Waals surface area contributed by atoms with Crippen molar-refractivity contribution in [2.24, 2.45) is 0 Å². The largest absolute Gasteiger partial charge is 0.493 e. The van der Waals surface area contributed by atoms with E-state index in [4.69, 9.17) is 4.74 Å². The number of aromatic nitrogens is 2. The van der Waals surface area contributed by atoms with Crippen LogP contribution in [0.4, 0.5) is 14.6 Å². The summed E-state index contributed by atoms with van der Waals surface area (Å²) in [5, 5.41) is 7.49. The number of rotatable bonds is 7. The molecule has 2 aromatic carbocycles. The molecule has 172 valence electrons. The molecule has 0 bridgehead atoms. The van der Waals surface area contributed by atoms with Gasteiger partial charge in [0.05, 0.1) is 19.3 Å². The van der Waals surface area contributed by atoms with Crippen LogP contribution >= 0.6 is 0 Å². The smallest absolute Gasteiger partial charge is 0.387 e. The summed E-state index contributed by atoms with van der Waals surface area (Å²) in [6.45, 7) is -1.04. The van der Waals surface area contributed by atoms with Gasteiger partial charge in [0, 0.05) is 11.6 Å². The van der Waals surface area contributed by atoms with Gasteiger partial charge in [0.15, 0.2) is 11.5 Å². The number of aryl methyl sites for hydroxylation is 2. The van der Waals surface area contributed by atoms with Crippen molar-refractivity contribution < 1.29 is 23.0 Å². The number of carbonyl (C=O) groups excluding carboxylic acids is 1. The molecule has 1 aliphatic rings. The Kier molecular flexibility index (Phi) is 6.72. The number of methoxy groups -OCH3 is 1. The minimum Gasteiger partial charge on any atom is -0.493 e. The van der Waals surface area contributed by atoms with Crippen LogP contribution in [0.2, 0.25) is 0 Å². The molecule has 0 radical (unpaired) electrons. The quantitative estimate of drug-likeness (QED) is 0.488. The molecule has 1 unspecified atom stereocenters. The first-order valence-corrected chi connectivity index (χ1v) is 10.7. The van der Waals surface area contributed by atoms with Crippen LogP contribution in [0.1, 0.15) is 41.1 Å². The van der Waals surface area contributed by atoms with E-state index in [1.807, 2.05) is 23.7 Å². The topological polar surface area (TPSA) is 65.4 Å². The highest BCUT2D eigenvalue weighted by Gasteiger charge is 2.25. The summed E-state index contributed by atoms with van der Waals surface area (Å²) in [5.41, 5.74) is 4.02. The lowest BCUT2D eigenvalue weighted by atomic mass is 9.88. The Morgan fingerprint density at radius 3 is 2.85 bits per heavy atom. The lowest BCUT2D eigenvalue weighted by Gasteiger charge is -2.27. The first kappa shape index (κ1) is 22.5. The fourth-order valence-electron chi connectivity index (χ4n) is 4.13. The normalized spacial score (nSPS) is 15.5. The summed E-state index contributed by atoms with van der Waals surface area (Å²) >= 11 is 0. The van der Waals surface area contributed by atoms with Crippen molar-refractivity contribution in [1.82, 2.24) is 9.78 Å². The Morgan fingerprint density at radius 2 is 2.06 bits per heavy atom. The number of fused-ring (bicyclic) bond motifs is 1. The minimum atomic E-state index is -2.95. The first-order chi connectivity index (χ1) is 16.0. The molecular formula is C25H25F2N3O3. The van der Waals surface area contributed by atoms with Gasteiger partial charge in [0.1, 0.15) is 5.82 Å². The third-order valence-electron chi connectivity index (χ3n) is 5.68. The van der Waals surface area contributed by atoms with Crippen molar-refractivity contribution in [1.29, 1.82) is 0 Å². The molecule has 0 saturated carbocycles. The molecule has 0 spiro atoms. The van der Waals surface area contributed by atoms with Crippen molar-refractivity contribution in [2.45, 2.75) is 38.8 Å². The van der Waals surface area contributed by atoms with Crippen LogP contribution in [0.15, 0.2) is 54.7 Å². The predicted octanol–water partition coefficient (Wildman–Crippen LogP) is 5.38. The van der Waals surface area contributed by atoms with Crippen LogP contribution in [-0.4, -0.2) is 29.4 Å². The van der Waals surface area contributed by atoms with E-state index in [0.717, 1.165) is 24.8 Å². The van der Waals surface area contributed by atoms with Crippen LogP contribution in [0.5, 0.6) is 11.5 Å². The van der Waals surface area contributed by atoms with Gasteiger partial charge in [-0.3, -0.25) is 4.79 Å². The van der Waals surface area contributed by atoms with E-state index < -0.39 is 6.61 Å². The van der Waals surface area contributed by atoms with Crippen LogP contribution in [0.25, 0.3) is 6.08 Å². The first-order valence-electron chi connectivity index (χ1n) is 10.7. The van der Waals surface area contributed by atoms with Crippen LogP contribution in [-0.2, 0) is 11.2 Å². The van der Waals surface area contributed by atoms with Gasteiger partial charge in [-0.15, -0.1) is 0 Å². The van der Waals surface area contributed by atoms with Crippen molar-refractivity contribution in [2.75, 3.05) is 12.4 Å². The van der Waals surface area contributed by atoms with Gasteiger partial charge < -0.3 is 14.8 Å². The van der Waals surface area contributed by atoms with Gasteiger partial charge in [-0.2, -0.15) is 13.9 Å². The molecule has 1 aromatic heterocycles. The zero-order chi connectivity index (χ0) is 23.4. The fourth-order valence-corrected chi connectivity index (χ4v) is 4.13. The lowest BCUT2D eigenvalue weighted by Crippen LogP contribution is -2.22. The van der Waals surface area contributed by atoms with Crippen molar-refractivity contribution in [3.63, 3.8) is 0 Å². The summed E-state index contributed by atoms with van der Waals surface area (Å²) < 4.78 is 36.4. The molecule has 6 nitrogen and oxygen atoms in total. The summed E-state index contributed by atoms with van der Waals surface area (Å²) in [6, 6.07) is 12.9. The molecule has 1 atom stereocenters. The highest BCUT2D eigenvalue weighted by Crippen LogP contribution is 2.35. The number of nitrogens with zero attached hydrogens (tertiary/aromatic N) is 2. The van der Waals surface area contributed by atoms with Gasteiger partial charge in [-0.1, -0.05) is 30.3 Å². The second kappa shape index (κ2) is 9.85. The number of halogens is 2. The Labute approximate surface area is 190 Å². The molecule has 1 N–H and O–H groups in total. The Morgan fingerprint density at radius 1 is 1.24 bits per heavy atom. The van der Waals surface area contributed by atoms with E-state index in [-0.39, 0.29) is 23.4 Å². The standard InChI is InChI=1S/C25H25F2N3O3/c1-16-15-28-30(20-9-5-7-18-6-3-4-8-19(18)20)24(16)29-23(31)13-11-17-10-12-21(33-25(26)27)22(14-17)32-2/h3-4,6,8,10-15,20,25H,5,7,9H2,1-2H3,(H,29,31)/b13-11+. The maximum atomic E-state index is 12.7. The molecule has 0 saturated heterocycles. The van der Waals surface area contributed by atoms with E-state index in [1.165, 1.54) is 36.4 Å². The molecule has 0 fully saturated rings. The predicted molar refractivity (Wildman–Crippen MR) is 122 cm³/mol. The number of amides is 1. The molecule has 1 heterocycles. The maximum Gasteiger partial charge on any atom is 0.387 e. The minimum absolute atomic E-state index is 0.0644. The number of carbonyl (C=O) groups is 1. The number of benzene rings is 2. The van der Waals surface area contributed by atoms with Gasteiger partial charge in [-0.25, -0.2) is 4.68 Å². The second-order valence-electron chi connectivity index (χ2n) is 7.84. The zero-order valence-electron chi connectivity index (χ0n) is 18.4. The molecule has 3 aromatic rings. The summed E-state index contributed by atoms with van der Waals surface area (Å²) in [5.74, 6) is 0.421. The molecular weight excluding hydrogens is 428 g/mol. The molecule has 1 aliphatic carbocycles. The number of hydrogen-bond donors (Lipinski definition) is 1. The van der Waals surface area contributed by atoms with Gasteiger partial charge >= 0.3 is 6.61 Å². The van der Waals surface area contributed by atoms with Crippen molar-refractivity contribution in [3.8, 4) is 11.5 Å². The number of ether oxygens (including phenoxy) is 2. The van der Waals surface area contributed by atoms with Crippen molar-refractivity contribution >= 4 is 17.8 Å². The van der Waals surface area contributed by atoms with Crippen LogP contribution in [0.3, 0.4) is 0 Å². The van der Waals surface area contributed by atoms with Gasteiger partial charge in [0.25, 0.3) is 0 Å². The number of anilines is 1. The van der Waals surface area contributed by atoms with Gasteiger partial charge in [-0.05, 0) is 61.1 Å². The molecule has 1 amide bonds. The summed E-state index contributed by atoms with van der Waals surface area (Å²) in [4.78, 5) is 12.7. The van der Waals surface area contributed by atoms with E-state index in [1.54, 1.807) is 18.3 Å². The highest BCUT2D eigenvalue weighted by molar-refractivity contribution is 6.01. The monoisotopic (exact) mass is 453 g/mol. The average molecular weight is 453 g/mol. The molecule has 4 rings (SSSR count). The fraction of sp³-hybridized carbons (Fsp3) is 0.280.